The van der Waals surface area contributed by atoms with E-state index in [4.69, 9.17) is 0 Å². The highest BCUT2D eigenvalue weighted by Gasteiger charge is 1.93. The minimum atomic E-state index is 1.24. The third-order valence-corrected chi connectivity index (χ3v) is 4.95. The van der Waals surface area contributed by atoms with Crippen LogP contribution >= 0.6 is 0 Å². The van der Waals surface area contributed by atoms with Crippen LogP contribution in [0, 0.1) is 0 Å². The molecule has 1 aromatic rings. The second-order valence-corrected chi connectivity index (χ2v) is 7.77. The van der Waals surface area contributed by atoms with Crippen LogP contribution in [0.3, 0.4) is 0 Å². The van der Waals surface area contributed by atoms with E-state index < -0.39 is 0 Å². The zero-order valence-corrected chi connectivity index (χ0v) is 18.7. The Morgan fingerprint density at radius 2 is 1.04 bits per heavy atom. The van der Waals surface area contributed by atoms with Gasteiger partial charge < -0.3 is 5.32 Å². The molecule has 0 aliphatic heterocycles. The molecule has 0 saturated heterocycles. The summed E-state index contributed by atoms with van der Waals surface area (Å²) in [5, 5.41) is 7.33. The van der Waals surface area contributed by atoms with Crippen LogP contribution in [0.2, 0.25) is 0 Å². The van der Waals surface area contributed by atoms with Crippen LogP contribution in [0.1, 0.15) is 117 Å². The van der Waals surface area contributed by atoms with Crippen LogP contribution < -0.4 is 5.32 Å². The van der Waals surface area contributed by atoms with E-state index in [0.717, 1.165) is 0 Å². The van der Waals surface area contributed by atoms with E-state index in [2.05, 4.69) is 29.2 Å². The average Bonchev–Trinajstić information content (AvgIpc) is 3.16. The number of unbranched alkanes of at least 4 members (excludes halogenated alkanes) is 14. The number of nitrogens with zero attached hydrogens (tertiary/aromatic N) is 3. The Balaban J connectivity index is 0.000000941. The van der Waals surface area contributed by atoms with Gasteiger partial charge in [-0.3, -0.25) is 4.68 Å². The molecule has 0 bridgehead atoms. The second-order valence-electron chi connectivity index (χ2n) is 7.77. The van der Waals surface area contributed by atoms with Crippen molar-refractivity contribution in [2.75, 3.05) is 13.1 Å². The fourth-order valence-corrected chi connectivity index (χ4v) is 3.16. The molecule has 27 heavy (non-hydrogen) atoms. The standard InChI is InChI=1S/C20H43N.C3H5N3/c1-3-5-7-9-11-13-15-17-19-21-20-18-16-14-12-10-8-6-4-2;1-6-3-4-2-5-6/h21H,3-20H2,1-2H3;2-3H,1H3. The first-order chi connectivity index (χ1) is 13.3. The van der Waals surface area contributed by atoms with Gasteiger partial charge in [0.2, 0.25) is 0 Å². The number of aryl methyl sites for hydroxylation is 1. The lowest BCUT2D eigenvalue weighted by Crippen LogP contribution is -2.16. The summed E-state index contributed by atoms with van der Waals surface area (Å²) in [7, 11) is 1.83. The summed E-state index contributed by atoms with van der Waals surface area (Å²) >= 11 is 0. The van der Waals surface area contributed by atoms with Gasteiger partial charge in [-0.2, -0.15) is 5.10 Å². The molecule has 1 aromatic heterocycles. The van der Waals surface area contributed by atoms with Crippen molar-refractivity contribution in [1.29, 1.82) is 0 Å². The molecule has 0 aliphatic rings. The van der Waals surface area contributed by atoms with E-state index in [1.807, 2.05) is 7.05 Å². The second kappa shape index (κ2) is 23.1. The normalized spacial score (nSPS) is 10.6. The van der Waals surface area contributed by atoms with Gasteiger partial charge in [0.15, 0.2) is 0 Å². The van der Waals surface area contributed by atoms with Crippen molar-refractivity contribution in [3.63, 3.8) is 0 Å². The topological polar surface area (TPSA) is 42.7 Å². The molecule has 0 aliphatic carbocycles. The van der Waals surface area contributed by atoms with E-state index in [-0.39, 0.29) is 0 Å². The molecular formula is C23H48N4. The zero-order chi connectivity index (χ0) is 19.8. The molecule has 1 heterocycles. The fraction of sp³-hybridized carbons (Fsp3) is 0.913. The van der Waals surface area contributed by atoms with E-state index in [1.54, 1.807) is 11.0 Å². The maximum absolute atomic E-state index is 3.72. The molecule has 0 radical (unpaired) electrons. The zero-order valence-electron chi connectivity index (χ0n) is 18.7. The van der Waals surface area contributed by atoms with Crippen LogP contribution in [0.4, 0.5) is 0 Å². The molecule has 0 aromatic carbocycles. The van der Waals surface area contributed by atoms with Gasteiger partial charge in [0, 0.05) is 7.05 Å². The van der Waals surface area contributed by atoms with Gasteiger partial charge in [0.25, 0.3) is 0 Å². The van der Waals surface area contributed by atoms with Crippen LogP contribution in [-0.4, -0.2) is 27.9 Å². The lowest BCUT2D eigenvalue weighted by Gasteiger charge is -2.05. The van der Waals surface area contributed by atoms with Crippen LogP contribution in [0.15, 0.2) is 12.7 Å². The molecule has 1 N–H and O–H groups in total. The molecule has 0 saturated carbocycles. The molecule has 1 rings (SSSR count). The van der Waals surface area contributed by atoms with Crippen molar-refractivity contribution < 1.29 is 0 Å². The van der Waals surface area contributed by atoms with Crippen LogP contribution in [-0.2, 0) is 7.05 Å². The number of hydrogen-bond acceptors (Lipinski definition) is 3. The fourth-order valence-electron chi connectivity index (χ4n) is 3.16. The lowest BCUT2D eigenvalue weighted by molar-refractivity contribution is 0.532. The number of nitrogens with one attached hydrogen (secondary N) is 1. The highest BCUT2D eigenvalue weighted by Crippen LogP contribution is 2.09. The van der Waals surface area contributed by atoms with Gasteiger partial charge >= 0.3 is 0 Å². The van der Waals surface area contributed by atoms with E-state index in [0.29, 0.717) is 0 Å². The maximum atomic E-state index is 3.72. The summed E-state index contributed by atoms with van der Waals surface area (Å²) in [6.45, 7) is 7.06. The monoisotopic (exact) mass is 380 g/mol. The molecule has 160 valence electrons. The molecule has 0 spiro atoms. The van der Waals surface area contributed by atoms with Crippen molar-refractivity contribution in [2.24, 2.45) is 7.05 Å². The average molecular weight is 381 g/mol. The van der Waals surface area contributed by atoms with E-state index >= 15 is 0 Å². The van der Waals surface area contributed by atoms with E-state index in [9.17, 15) is 0 Å². The lowest BCUT2D eigenvalue weighted by atomic mass is 10.1. The Morgan fingerprint density at radius 1 is 0.630 bits per heavy atom. The highest BCUT2D eigenvalue weighted by atomic mass is 15.3. The van der Waals surface area contributed by atoms with Crippen LogP contribution in [0.25, 0.3) is 0 Å². The van der Waals surface area contributed by atoms with Crippen molar-refractivity contribution >= 4 is 0 Å². The molecule has 4 heteroatoms. The van der Waals surface area contributed by atoms with Crippen molar-refractivity contribution in [2.45, 2.75) is 117 Å². The number of aromatic nitrogens is 3. The predicted octanol–water partition coefficient (Wildman–Crippen LogP) is 6.67. The van der Waals surface area contributed by atoms with Crippen LogP contribution in [0.5, 0.6) is 0 Å². The summed E-state index contributed by atoms with van der Waals surface area (Å²) < 4.78 is 1.64. The van der Waals surface area contributed by atoms with E-state index in [1.165, 1.54) is 122 Å². The quantitative estimate of drug-likeness (QED) is 0.289. The largest absolute Gasteiger partial charge is 0.317 e. The molecule has 0 unspecified atom stereocenters. The molecule has 0 fully saturated rings. The van der Waals surface area contributed by atoms with Gasteiger partial charge in [-0.1, -0.05) is 104 Å². The first kappa shape index (κ1) is 26.1. The molecule has 0 atom stereocenters. The number of rotatable bonds is 18. The van der Waals surface area contributed by atoms with Gasteiger partial charge in [0.05, 0.1) is 0 Å². The smallest absolute Gasteiger partial charge is 0.137 e. The summed E-state index contributed by atoms with van der Waals surface area (Å²) in [5.74, 6) is 0. The van der Waals surface area contributed by atoms with Crippen molar-refractivity contribution in [3.8, 4) is 0 Å². The molecular weight excluding hydrogens is 332 g/mol. The molecule has 0 amide bonds. The molecule has 4 nitrogen and oxygen atoms in total. The highest BCUT2D eigenvalue weighted by molar-refractivity contribution is 4.52. The third kappa shape index (κ3) is 23.1. The summed E-state index contributed by atoms with van der Waals surface area (Å²) in [4.78, 5) is 3.67. The summed E-state index contributed by atoms with van der Waals surface area (Å²) in [5.41, 5.74) is 0. The predicted molar refractivity (Wildman–Crippen MR) is 119 cm³/mol. The first-order valence-electron chi connectivity index (χ1n) is 11.8. The first-order valence-corrected chi connectivity index (χ1v) is 11.8. The van der Waals surface area contributed by atoms with Crippen molar-refractivity contribution in [3.05, 3.63) is 12.7 Å². The van der Waals surface area contributed by atoms with Crippen molar-refractivity contribution in [1.82, 2.24) is 20.1 Å². The minimum absolute atomic E-state index is 1.24. The SMILES string of the molecule is CCCCCCCCCCNCCCCCCCCCC.Cn1cncn1. The van der Waals surface area contributed by atoms with Gasteiger partial charge in [-0.05, 0) is 25.9 Å². The third-order valence-electron chi connectivity index (χ3n) is 4.95. The minimum Gasteiger partial charge on any atom is -0.317 e. The Bertz CT molecular complexity index is 333. The van der Waals surface area contributed by atoms with Gasteiger partial charge in [-0.25, -0.2) is 4.98 Å². The summed E-state index contributed by atoms with van der Waals surface area (Å²) in [6, 6.07) is 0. The Morgan fingerprint density at radius 3 is 1.33 bits per heavy atom. The number of hydrogen-bond donors (Lipinski definition) is 1. The maximum Gasteiger partial charge on any atom is 0.137 e. The van der Waals surface area contributed by atoms with Gasteiger partial charge in [-0.15, -0.1) is 0 Å². The Labute approximate surface area is 169 Å². The van der Waals surface area contributed by atoms with Gasteiger partial charge in [0.1, 0.15) is 12.7 Å². The Kier molecular flexibility index (Phi) is 22.4. The summed E-state index contributed by atoms with van der Waals surface area (Å²) in [6.07, 6.45) is 26.0. The Hall–Kier alpha value is -0.900.